The van der Waals surface area contributed by atoms with E-state index in [9.17, 15) is 4.39 Å². The van der Waals surface area contributed by atoms with Gasteiger partial charge in [0.1, 0.15) is 5.82 Å². The van der Waals surface area contributed by atoms with Crippen molar-refractivity contribution in [3.63, 3.8) is 0 Å². The molecule has 1 rings (SSSR count). The average Bonchev–Trinajstić information content (AvgIpc) is 2.03. The topological polar surface area (TPSA) is 12.9 Å². The second-order valence-electron chi connectivity index (χ2n) is 3.19. The molecule has 0 spiro atoms. The van der Waals surface area contributed by atoms with Crippen LogP contribution in [0.25, 0.3) is 0 Å². The number of rotatable bonds is 2. The second-order valence-corrected chi connectivity index (χ2v) is 3.19. The Morgan fingerprint density at radius 3 is 2.75 bits per heavy atom. The molecule has 0 aliphatic carbocycles. The Kier molecular flexibility index (Phi) is 2.79. The lowest BCUT2D eigenvalue weighted by molar-refractivity contribution is 0.566. The molecule has 0 N–H and O–H groups in total. The molecule has 0 amide bonds. The maximum atomic E-state index is 13.2. The van der Waals surface area contributed by atoms with Gasteiger partial charge in [0.15, 0.2) is 0 Å². The number of hydrogen-bond acceptors (Lipinski definition) is 1. The highest BCUT2D eigenvalue weighted by molar-refractivity contribution is 5.17. The SMILES string of the molecule is CCC(C)c1ncc(C)cc1F. The number of nitrogens with zero attached hydrogens (tertiary/aromatic N) is 1. The summed E-state index contributed by atoms with van der Waals surface area (Å²) < 4.78 is 13.2. The molecule has 1 nitrogen and oxygen atoms in total. The highest BCUT2D eigenvalue weighted by Gasteiger charge is 2.09. The molecule has 2 heteroatoms. The highest BCUT2D eigenvalue weighted by atomic mass is 19.1. The molecule has 0 saturated heterocycles. The Bertz CT molecular complexity index is 271. The lowest BCUT2D eigenvalue weighted by Crippen LogP contribution is -1.99. The van der Waals surface area contributed by atoms with Gasteiger partial charge in [-0.2, -0.15) is 0 Å². The molecular weight excluding hydrogens is 153 g/mol. The second kappa shape index (κ2) is 3.65. The predicted molar refractivity (Wildman–Crippen MR) is 47.6 cm³/mol. The molecule has 12 heavy (non-hydrogen) atoms. The van der Waals surface area contributed by atoms with Crippen LogP contribution in [0.1, 0.15) is 37.4 Å². The zero-order valence-electron chi connectivity index (χ0n) is 7.76. The van der Waals surface area contributed by atoms with Crippen molar-refractivity contribution in [3.8, 4) is 0 Å². The molecule has 1 aromatic heterocycles. The molecule has 0 radical (unpaired) electrons. The van der Waals surface area contributed by atoms with Gasteiger partial charge in [-0.1, -0.05) is 13.8 Å². The van der Waals surface area contributed by atoms with E-state index in [0.717, 1.165) is 12.0 Å². The van der Waals surface area contributed by atoms with Crippen LogP contribution in [0.5, 0.6) is 0 Å². The van der Waals surface area contributed by atoms with Gasteiger partial charge in [-0.15, -0.1) is 0 Å². The van der Waals surface area contributed by atoms with Crippen molar-refractivity contribution in [2.45, 2.75) is 33.1 Å². The fourth-order valence-corrected chi connectivity index (χ4v) is 1.10. The molecule has 66 valence electrons. The first-order chi connectivity index (χ1) is 5.65. The first kappa shape index (κ1) is 9.17. The smallest absolute Gasteiger partial charge is 0.145 e. The number of pyridine rings is 1. The van der Waals surface area contributed by atoms with E-state index in [1.165, 1.54) is 6.07 Å². The van der Waals surface area contributed by atoms with E-state index in [-0.39, 0.29) is 11.7 Å². The first-order valence-electron chi connectivity index (χ1n) is 4.27. The van der Waals surface area contributed by atoms with Gasteiger partial charge in [0.05, 0.1) is 5.69 Å². The highest BCUT2D eigenvalue weighted by Crippen LogP contribution is 2.19. The molecular formula is C10H14FN. The summed E-state index contributed by atoms with van der Waals surface area (Å²) in [6.45, 7) is 5.86. The van der Waals surface area contributed by atoms with Gasteiger partial charge < -0.3 is 0 Å². The van der Waals surface area contributed by atoms with E-state index in [1.54, 1.807) is 6.20 Å². The Morgan fingerprint density at radius 1 is 1.58 bits per heavy atom. The summed E-state index contributed by atoms with van der Waals surface area (Å²) in [7, 11) is 0. The zero-order valence-corrected chi connectivity index (χ0v) is 7.76. The van der Waals surface area contributed by atoms with Crippen LogP contribution in [-0.4, -0.2) is 4.98 Å². The predicted octanol–water partition coefficient (Wildman–Crippen LogP) is 3.04. The monoisotopic (exact) mass is 167 g/mol. The summed E-state index contributed by atoms with van der Waals surface area (Å²) in [4.78, 5) is 4.07. The summed E-state index contributed by atoms with van der Waals surface area (Å²) in [6.07, 6.45) is 2.64. The Balaban J connectivity index is 3.01. The van der Waals surface area contributed by atoms with Crippen molar-refractivity contribution < 1.29 is 4.39 Å². The van der Waals surface area contributed by atoms with Crippen LogP contribution in [0.3, 0.4) is 0 Å². The normalized spacial score (nSPS) is 13.0. The maximum Gasteiger partial charge on any atom is 0.145 e. The van der Waals surface area contributed by atoms with Crippen LogP contribution >= 0.6 is 0 Å². The number of hydrogen-bond donors (Lipinski definition) is 0. The van der Waals surface area contributed by atoms with Crippen LogP contribution in [0, 0.1) is 12.7 Å². The van der Waals surface area contributed by atoms with Crippen molar-refractivity contribution in [2.75, 3.05) is 0 Å². The molecule has 1 unspecified atom stereocenters. The standard InChI is InChI=1S/C10H14FN/c1-4-8(3)10-9(11)5-7(2)6-12-10/h5-6,8H,4H2,1-3H3. The summed E-state index contributed by atoms with van der Waals surface area (Å²) in [6, 6.07) is 1.54. The zero-order chi connectivity index (χ0) is 9.14. The van der Waals surface area contributed by atoms with E-state index in [4.69, 9.17) is 0 Å². The first-order valence-corrected chi connectivity index (χ1v) is 4.27. The van der Waals surface area contributed by atoms with Crippen LogP contribution in [0.2, 0.25) is 0 Å². The molecule has 1 heterocycles. The minimum Gasteiger partial charge on any atom is -0.258 e. The quantitative estimate of drug-likeness (QED) is 0.659. The van der Waals surface area contributed by atoms with Crippen molar-refractivity contribution in [1.29, 1.82) is 0 Å². The van der Waals surface area contributed by atoms with E-state index in [2.05, 4.69) is 4.98 Å². The van der Waals surface area contributed by atoms with Crippen LogP contribution < -0.4 is 0 Å². The summed E-state index contributed by atoms with van der Waals surface area (Å²) in [5, 5.41) is 0. The molecule has 0 aromatic carbocycles. The number of aromatic nitrogens is 1. The maximum absolute atomic E-state index is 13.2. The molecule has 0 bridgehead atoms. The minimum atomic E-state index is -0.177. The number of aryl methyl sites for hydroxylation is 1. The van der Waals surface area contributed by atoms with Crippen LogP contribution in [0.15, 0.2) is 12.3 Å². The molecule has 0 fully saturated rings. The summed E-state index contributed by atoms with van der Waals surface area (Å²) in [5.74, 6) is 0.0370. The molecule has 0 saturated carbocycles. The molecule has 0 aliphatic heterocycles. The van der Waals surface area contributed by atoms with Gasteiger partial charge in [-0.05, 0) is 25.0 Å². The lowest BCUT2D eigenvalue weighted by atomic mass is 10.0. The van der Waals surface area contributed by atoms with Gasteiger partial charge in [0.25, 0.3) is 0 Å². The number of halogens is 1. The largest absolute Gasteiger partial charge is 0.258 e. The third kappa shape index (κ3) is 1.81. The van der Waals surface area contributed by atoms with Crippen LogP contribution in [0.4, 0.5) is 4.39 Å². The van der Waals surface area contributed by atoms with Gasteiger partial charge in [-0.3, -0.25) is 4.98 Å². The van der Waals surface area contributed by atoms with Crippen molar-refractivity contribution >= 4 is 0 Å². The Hall–Kier alpha value is -0.920. The van der Waals surface area contributed by atoms with Gasteiger partial charge in [-0.25, -0.2) is 4.39 Å². The van der Waals surface area contributed by atoms with Crippen molar-refractivity contribution in [1.82, 2.24) is 4.98 Å². The Labute approximate surface area is 72.6 Å². The van der Waals surface area contributed by atoms with E-state index < -0.39 is 0 Å². The molecule has 1 aromatic rings. The van der Waals surface area contributed by atoms with Crippen LogP contribution in [-0.2, 0) is 0 Å². The average molecular weight is 167 g/mol. The van der Waals surface area contributed by atoms with E-state index in [0.29, 0.717) is 5.69 Å². The van der Waals surface area contributed by atoms with Gasteiger partial charge >= 0.3 is 0 Å². The van der Waals surface area contributed by atoms with Gasteiger partial charge in [0, 0.05) is 12.1 Å². The van der Waals surface area contributed by atoms with Gasteiger partial charge in [0.2, 0.25) is 0 Å². The third-order valence-electron chi connectivity index (χ3n) is 2.09. The van der Waals surface area contributed by atoms with Crippen molar-refractivity contribution in [2.24, 2.45) is 0 Å². The van der Waals surface area contributed by atoms with Crippen molar-refractivity contribution in [3.05, 3.63) is 29.3 Å². The molecule has 1 atom stereocenters. The van der Waals surface area contributed by atoms with E-state index >= 15 is 0 Å². The Morgan fingerprint density at radius 2 is 2.25 bits per heavy atom. The summed E-state index contributed by atoms with van der Waals surface area (Å²) >= 11 is 0. The fourth-order valence-electron chi connectivity index (χ4n) is 1.10. The lowest BCUT2D eigenvalue weighted by Gasteiger charge is -2.08. The third-order valence-corrected chi connectivity index (χ3v) is 2.09. The fraction of sp³-hybridized carbons (Fsp3) is 0.500. The molecule has 0 aliphatic rings. The minimum absolute atomic E-state index is 0.177. The summed E-state index contributed by atoms with van der Waals surface area (Å²) in [5.41, 5.74) is 1.46. The van der Waals surface area contributed by atoms with E-state index in [1.807, 2.05) is 20.8 Å².